The van der Waals surface area contributed by atoms with E-state index in [1.807, 2.05) is 11.8 Å². The fourth-order valence-corrected chi connectivity index (χ4v) is 6.38. The molecule has 1 aromatic rings. The highest BCUT2D eigenvalue weighted by Crippen LogP contribution is 2.39. The van der Waals surface area contributed by atoms with Crippen LogP contribution in [0.15, 0.2) is 24.3 Å². The van der Waals surface area contributed by atoms with Crippen molar-refractivity contribution in [2.75, 3.05) is 5.75 Å². The molecule has 0 radical (unpaired) electrons. The van der Waals surface area contributed by atoms with Crippen LogP contribution < -0.4 is 16.0 Å². The zero-order chi connectivity index (χ0) is 19.6. The van der Waals surface area contributed by atoms with Crippen LogP contribution in [-0.4, -0.2) is 35.0 Å². The van der Waals surface area contributed by atoms with Crippen molar-refractivity contribution in [2.24, 2.45) is 0 Å². The van der Waals surface area contributed by atoms with Gasteiger partial charge >= 0.3 is 6.03 Å². The molecule has 2 saturated heterocycles. The van der Waals surface area contributed by atoms with Crippen LogP contribution in [0.1, 0.15) is 56.9 Å². The topological polar surface area (TPSA) is 70.2 Å². The molecule has 5 nitrogen and oxygen atoms in total. The Labute approximate surface area is 169 Å². The van der Waals surface area contributed by atoms with Gasteiger partial charge in [-0.1, -0.05) is 31.4 Å². The van der Waals surface area contributed by atoms with Gasteiger partial charge in [-0.25, -0.2) is 9.18 Å². The predicted octanol–water partition coefficient (Wildman–Crippen LogP) is 3.44. The molecule has 3 atom stereocenters. The Morgan fingerprint density at radius 3 is 2.68 bits per heavy atom. The zero-order valence-electron chi connectivity index (χ0n) is 16.0. The quantitative estimate of drug-likeness (QED) is 0.481. The Balaban J connectivity index is 1.24. The molecule has 2 heterocycles. The first-order valence-corrected chi connectivity index (χ1v) is 11.4. The Morgan fingerprint density at radius 2 is 1.93 bits per heavy atom. The van der Waals surface area contributed by atoms with Crippen LogP contribution in [0, 0.1) is 5.82 Å². The van der Waals surface area contributed by atoms with Gasteiger partial charge in [-0.3, -0.25) is 4.79 Å². The SMILES string of the molecule is O=C(CCCC[C@@H]1SC[C@H]2NC(=O)N[C@@H]12)NC1(c2ccc(F)cc2)CCCC1. The lowest BCUT2D eigenvalue weighted by Gasteiger charge is -2.31. The van der Waals surface area contributed by atoms with Gasteiger partial charge < -0.3 is 16.0 Å². The molecule has 1 aliphatic carbocycles. The lowest BCUT2D eigenvalue weighted by atomic mass is 9.88. The third kappa shape index (κ3) is 4.14. The van der Waals surface area contributed by atoms with Crippen LogP contribution in [0.4, 0.5) is 9.18 Å². The first kappa shape index (κ1) is 19.6. The highest BCUT2D eigenvalue weighted by atomic mass is 32.2. The molecule has 3 N–H and O–H groups in total. The second-order valence-electron chi connectivity index (χ2n) is 8.21. The van der Waals surface area contributed by atoms with Gasteiger partial charge in [0.05, 0.1) is 17.6 Å². The van der Waals surface area contributed by atoms with Gasteiger partial charge in [0, 0.05) is 17.4 Å². The molecular formula is C21H28FN3O2S. The van der Waals surface area contributed by atoms with E-state index < -0.39 is 0 Å². The van der Waals surface area contributed by atoms with Crippen LogP contribution in [-0.2, 0) is 10.3 Å². The summed E-state index contributed by atoms with van der Waals surface area (Å²) in [5.74, 6) is 0.803. The summed E-state index contributed by atoms with van der Waals surface area (Å²) >= 11 is 1.91. The lowest BCUT2D eigenvalue weighted by Crippen LogP contribution is -2.43. The molecule has 3 fully saturated rings. The molecule has 1 saturated carbocycles. The monoisotopic (exact) mass is 405 g/mol. The Morgan fingerprint density at radius 1 is 1.18 bits per heavy atom. The van der Waals surface area contributed by atoms with Crippen LogP contribution in [0.25, 0.3) is 0 Å². The number of benzene rings is 1. The summed E-state index contributed by atoms with van der Waals surface area (Å²) in [6.07, 6.45) is 7.35. The van der Waals surface area contributed by atoms with Crippen molar-refractivity contribution < 1.29 is 14.0 Å². The number of fused-ring (bicyclic) bond motifs is 1. The van der Waals surface area contributed by atoms with E-state index in [1.165, 1.54) is 12.1 Å². The molecule has 28 heavy (non-hydrogen) atoms. The molecule has 1 aromatic carbocycles. The van der Waals surface area contributed by atoms with E-state index in [0.29, 0.717) is 11.7 Å². The van der Waals surface area contributed by atoms with Gasteiger partial charge in [0.15, 0.2) is 0 Å². The molecule has 0 aromatic heterocycles. The average molecular weight is 406 g/mol. The van der Waals surface area contributed by atoms with Crippen LogP contribution in [0.3, 0.4) is 0 Å². The molecule has 0 spiro atoms. The van der Waals surface area contributed by atoms with Crippen molar-refractivity contribution in [3.8, 4) is 0 Å². The number of carbonyl (C=O) groups is 2. The number of amides is 3. The first-order chi connectivity index (χ1) is 13.6. The first-order valence-electron chi connectivity index (χ1n) is 10.3. The molecule has 3 amide bonds. The summed E-state index contributed by atoms with van der Waals surface area (Å²) in [5, 5.41) is 9.68. The van der Waals surface area contributed by atoms with Crippen molar-refractivity contribution in [3.05, 3.63) is 35.6 Å². The highest BCUT2D eigenvalue weighted by Gasteiger charge is 2.42. The third-order valence-corrected chi connectivity index (χ3v) is 7.82. The van der Waals surface area contributed by atoms with Crippen molar-refractivity contribution >= 4 is 23.7 Å². The van der Waals surface area contributed by atoms with Gasteiger partial charge in [0.1, 0.15) is 5.82 Å². The van der Waals surface area contributed by atoms with E-state index in [2.05, 4.69) is 16.0 Å². The average Bonchev–Trinajstić information content (AvgIpc) is 3.37. The van der Waals surface area contributed by atoms with Gasteiger partial charge in [-0.2, -0.15) is 11.8 Å². The summed E-state index contributed by atoms with van der Waals surface area (Å²) < 4.78 is 13.3. The Hall–Kier alpha value is -1.76. The maximum absolute atomic E-state index is 13.3. The second kappa shape index (κ2) is 8.31. The van der Waals surface area contributed by atoms with E-state index in [-0.39, 0.29) is 35.4 Å². The smallest absolute Gasteiger partial charge is 0.315 e. The number of hydrogen-bond donors (Lipinski definition) is 3. The van der Waals surface area contributed by atoms with E-state index in [9.17, 15) is 14.0 Å². The van der Waals surface area contributed by atoms with Crippen molar-refractivity contribution in [2.45, 2.75) is 74.2 Å². The Bertz CT molecular complexity index is 721. The normalized spacial score (nSPS) is 27.9. The van der Waals surface area contributed by atoms with Crippen LogP contribution >= 0.6 is 11.8 Å². The standard InChI is InChI=1S/C21H28FN3O2S/c22-15-9-7-14(8-10-15)21(11-3-4-12-21)25-18(26)6-2-1-5-17-19-16(13-28-17)23-20(27)24-19/h7-10,16-17,19H,1-6,11-13H2,(H,25,26)(H2,23,24,27)/t16-,17+,19-/m1/s1. The lowest BCUT2D eigenvalue weighted by molar-refractivity contribution is -0.123. The molecule has 0 unspecified atom stereocenters. The zero-order valence-corrected chi connectivity index (χ0v) is 16.8. The van der Waals surface area contributed by atoms with E-state index >= 15 is 0 Å². The fourth-order valence-electron chi connectivity index (χ4n) is 4.84. The molecule has 4 rings (SSSR count). The number of halogens is 1. The highest BCUT2D eigenvalue weighted by molar-refractivity contribution is 8.00. The van der Waals surface area contributed by atoms with Gasteiger partial charge in [0.2, 0.25) is 5.91 Å². The molecule has 2 aliphatic heterocycles. The maximum atomic E-state index is 13.3. The van der Waals surface area contributed by atoms with Crippen molar-refractivity contribution in [1.29, 1.82) is 0 Å². The van der Waals surface area contributed by atoms with E-state index in [1.54, 1.807) is 12.1 Å². The van der Waals surface area contributed by atoms with Gasteiger partial charge in [-0.15, -0.1) is 0 Å². The number of urea groups is 1. The molecule has 152 valence electrons. The molecule has 0 bridgehead atoms. The van der Waals surface area contributed by atoms with Gasteiger partial charge in [0.25, 0.3) is 0 Å². The minimum absolute atomic E-state index is 0.0534. The van der Waals surface area contributed by atoms with Crippen molar-refractivity contribution in [3.63, 3.8) is 0 Å². The summed E-state index contributed by atoms with van der Waals surface area (Å²) in [6.45, 7) is 0. The number of nitrogens with one attached hydrogen (secondary N) is 3. The minimum atomic E-state index is -0.334. The molecule has 7 heteroatoms. The summed E-state index contributed by atoms with van der Waals surface area (Å²) in [6, 6.07) is 6.99. The summed E-state index contributed by atoms with van der Waals surface area (Å²) in [5.41, 5.74) is 0.677. The number of rotatable bonds is 7. The summed E-state index contributed by atoms with van der Waals surface area (Å²) in [7, 11) is 0. The van der Waals surface area contributed by atoms with Crippen LogP contribution in [0.2, 0.25) is 0 Å². The minimum Gasteiger partial charge on any atom is -0.347 e. The third-order valence-electron chi connectivity index (χ3n) is 6.31. The van der Waals surface area contributed by atoms with Gasteiger partial charge in [-0.05, 0) is 43.4 Å². The number of hydrogen-bond acceptors (Lipinski definition) is 3. The van der Waals surface area contributed by atoms with Crippen LogP contribution in [0.5, 0.6) is 0 Å². The maximum Gasteiger partial charge on any atom is 0.315 e. The molecular weight excluding hydrogens is 377 g/mol. The fraction of sp³-hybridized carbons (Fsp3) is 0.619. The van der Waals surface area contributed by atoms with E-state index in [4.69, 9.17) is 0 Å². The molecule has 3 aliphatic rings. The number of thioether (sulfide) groups is 1. The van der Waals surface area contributed by atoms with E-state index in [0.717, 1.165) is 56.3 Å². The number of unbranched alkanes of at least 4 members (excludes halogenated alkanes) is 1. The van der Waals surface area contributed by atoms with Crippen molar-refractivity contribution in [1.82, 2.24) is 16.0 Å². The second-order valence-corrected chi connectivity index (χ2v) is 9.48. The number of carbonyl (C=O) groups excluding carboxylic acids is 2. The Kier molecular flexibility index (Phi) is 5.80. The predicted molar refractivity (Wildman–Crippen MR) is 109 cm³/mol. The summed E-state index contributed by atoms with van der Waals surface area (Å²) in [4.78, 5) is 24.1. The largest absolute Gasteiger partial charge is 0.347 e.